The molecule has 0 aliphatic carbocycles. The first-order chi connectivity index (χ1) is 13.3. The minimum atomic E-state index is 0.251. The Labute approximate surface area is 174 Å². The van der Waals surface area contributed by atoms with Gasteiger partial charge in [-0.15, -0.1) is 0 Å². The van der Waals surface area contributed by atoms with Crippen molar-refractivity contribution in [2.45, 2.75) is 53.0 Å². The number of Topliss-reactive ketones (excluding diaryl/α,β-unsaturated/α-hetero) is 1. The maximum absolute atomic E-state index is 11.1. The molecule has 1 N–H and O–H groups in total. The summed E-state index contributed by atoms with van der Waals surface area (Å²) in [5.74, 6) is 0.251. The zero-order valence-electron chi connectivity index (χ0n) is 17.1. The number of aryl methyl sites for hydroxylation is 2. The van der Waals surface area contributed by atoms with E-state index in [0.29, 0.717) is 6.42 Å². The molecule has 2 aromatic rings. The van der Waals surface area contributed by atoms with E-state index in [9.17, 15) is 4.79 Å². The fourth-order valence-corrected chi connectivity index (χ4v) is 3.25. The van der Waals surface area contributed by atoms with Crippen LogP contribution in [0.2, 0.25) is 5.02 Å². The molecule has 0 spiro atoms. The normalized spacial score (nSPS) is 11.4. The van der Waals surface area contributed by atoms with Gasteiger partial charge >= 0.3 is 0 Å². The van der Waals surface area contributed by atoms with E-state index in [1.54, 1.807) is 6.92 Å². The summed E-state index contributed by atoms with van der Waals surface area (Å²) >= 11 is 6.07. The zero-order chi connectivity index (χ0) is 20.5. The molecule has 0 heterocycles. The number of allylic oxidation sites excluding steroid dienone is 2. The van der Waals surface area contributed by atoms with Gasteiger partial charge in [0, 0.05) is 23.7 Å². The van der Waals surface area contributed by atoms with Gasteiger partial charge in [0.15, 0.2) is 0 Å². The first kappa shape index (κ1) is 22.0. The highest BCUT2D eigenvalue weighted by Gasteiger charge is 2.05. The van der Waals surface area contributed by atoms with Gasteiger partial charge in [0.1, 0.15) is 5.78 Å². The number of rotatable bonds is 10. The second-order valence-electron chi connectivity index (χ2n) is 7.42. The molecule has 0 aliphatic rings. The van der Waals surface area contributed by atoms with E-state index < -0.39 is 0 Å². The highest BCUT2D eigenvalue weighted by Crippen LogP contribution is 2.20. The van der Waals surface area contributed by atoms with Gasteiger partial charge in [0.25, 0.3) is 0 Å². The van der Waals surface area contributed by atoms with Crippen molar-refractivity contribution in [2.75, 3.05) is 0 Å². The van der Waals surface area contributed by atoms with Gasteiger partial charge in [-0.05, 0) is 74.9 Å². The molecule has 3 heteroatoms. The second-order valence-corrected chi connectivity index (χ2v) is 7.85. The average Bonchev–Trinajstić information content (AvgIpc) is 2.64. The van der Waals surface area contributed by atoms with Crippen molar-refractivity contribution in [3.63, 3.8) is 0 Å². The van der Waals surface area contributed by atoms with Crippen molar-refractivity contribution in [3.05, 3.63) is 88.0 Å². The highest BCUT2D eigenvalue weighted by atomic mass is 35.5. The van der Waals surface area contributed by atoms with Crippen molar-refractivity contribution in [1.82, 2.24) is 5.32 Å². The molecule has 0 radical (unpaired) electrons. The minimum Gasteiger partial charge on any atom is -0.380 e. The lowest BCUT2D eigenvalue weighted by Gasteiger charge is -2.15. The minimum absolute atomic E-state index is 0.251. The molecule has 2 nitrogen and oxygen atoms in total. The van der Waals surface area contributed by atoms with Gasteiger partial charge in [-0.3, -0.25) is 0 Å². The number of carbonyl (C=O) groups excluding carboxylic acids is 1. The van der Waals surface area contributed by atoms with Gasteiger partial charge < -0.3 is 10.1 Å². The van der Waals surface area contributed by atoms with Gasteiger partial charge in [0.05, 0.1) is 0 Å². The summed E-state index contributed by atoms with van der Waals surface area (Å²) in [7, 11) is 0. The Morgan fingerprint density at radius 1 is 1.07 bits per heavy atom. The van der Waals surface area contributed by atoms with Crippen molar-refractivity contribution in [3.8, 4) is 0 Å². The predicted molar refractivity (Wildman–Crippen MR) is 120 cm³/mol. The number of benzene rings is 2. The Balaban J connectivity index is 2.11. The number of ketones is 1. The number of halogens is 1. The number of hydrogen-bond acceptors (Lipinski definition) is 2. The molecular formula is C25H30ClNO. The summed E-state index contributed by atoms with van der Waals surface area (Å²) < 4.78 is 0. The SMILES string of the molecule is C=C(/C=C(\NCc1ccc(Cl)cc1C)c1ccc(C)cc1)CCCCC(C)=O. The van der Waals surface area contributed by atoms with Crippen LogP contribution in [0.15, 0.2) is 60.7 Å². The van der Waals surface area contributed by atoms with Crippen LogP contribution in [0.1, 0.15) is 54.9 Å². The zero-order valence-corrected chi connectivity index (χ0v) is 17.9. The van der Waals surface area contributed by atoms with Crippen LogP contribution in [-0.4, -0.2) is 5.78 Å². The van der Waals surface area contributed by atoms with Crippen molar-refractivity contribution >= 4 is 23.1 Å². The lowest BCUT2D eigenvalue weighted by Crippen LogP contribution is -2.13. The molecule has 0 aromatic heterocycles. The highest BCUT2D eigenvalue weighted by molar-refractivity contribution is 6.30. The molecule has 0 saturated heterocycles. The molecule has 2 rings (SSSR count). The van der Waals surface area contributed by atoms with E-state index in [1.165, 1.54) is 16.7 Å². The van der Waals surface area contributed by atoms with Crippen LogP contribution in [0.4, 0.5) is 0 Å². The molecular weight excluding hydrogens is 366 g/mol. The Bertz CT molecular complexity index is 849. The van der Waals surface area contributed by atoms with E-state index in [-0.39, 0.29) is 5.78 Å². The van der Waals surface area contributed by atoms with E-state index >= 15 is 0 Å². The van der Waals surface area contributed by atoms with Crippen LogP contribution in [-0.2, 0) is 11.3 Å². The van der Waals surface area contributed by atoms with Crippen LogP contribution in [0, 0.1) is 13.8 Å². The smallest absolute Gasteiger partial charge is 0.129 e. The summed E-state index contributed by atoms with van der Waals surface area (Å²) in [5, 5.41) is 4.33. The molecule has 28 heavy (non-hydrogen) atoms. The Morgan fingerprint density at radius 3 is 2.39 bits per heavy atom. The van der Waals surface area contributed by atoms with Crippen LogP contribution < -0.4 is 5.32 Å². The standard InChI is InChI=1S/C25H30ClNO/c1-18-9-11-22(12-10-18)25(15-19(2)7-5-6-8-21(4)28)27-17-23-13-14-24(26)16-20(23)3/h9-16,27H,2,5-8,17H2,1,3-4H3/b25-15-. The van der Waals surface area contributed by atoms with Gasteiger partial charge in [0.2, 0.25) is 0 Å². The van der Waals surface area contributed by atoms with Crippen LogP contribution in [0.5, 0.6) is 0 Å². The number of unbranched alkanes of at least 4 members (excludes halogenated alkanes) is 1. The molecule has 148 valence electrons. The van der Waals surface area contributed by atoms with Crippen molar-refractivity contribution in [1.29, 1.82) is 0 Å². The molecule has 0 fully saturated rings. The summed E-state index contributed by atoms with van der Waals surface area (Å²) in [6.07, 6.45) is 5.57. The van der Waals surface area contributed by atoms with E-state index in [2.05, 4.69) is 62.2 Å². The third-order valence-corrected chi connectivity index (χ3v) is 5.00. The number of nitrogens with one attached hydrogen (secondary N) is 1. The van der Waals surface area contributed by atoms with E-state index in [4.69, 9.17) is 11.6 Å². The summed E-state index contributed by atoms with van der Waals surface area (Å²) in [6, 6.07) is 14.5. The average molecular weight is 396 g/mol. The van der Waals surface area contributed by atoms with Crippen molar-refractivity contribution in [2.24, 2.45) is 0 Å². The van der Waals surface area contributed by atoms with Crippen LogP contribution in [0.25, 0.3) is 5.70 Å². The largest absolute Gasteiger partial charge is 0.380 e. The molecule has 0 saturated carbocycles. The third kappa shape index (κ3) is 7.36. The molecule has 0 bridgehead atoms. The van der Waals surface area contributed by atoms with Gasteiger partial charge in [-0.1, -0.05) is 59.6 Å². The lowest BCUT2D eigenvalue weighted by atomic mass is 10.0. The van der Waals surface area contributed by atoms with Crippen LogP contribution >= 0.6 is 11.6 Å². The van der Waals surface area contributed by atoms with Gasteiger partial charge in [-0.2, -0.15) is 0 Å². The molecule has 0 aliphatic heterocycles. The second kappa shape index (κ2) is 10.9. The number of hydrogen-bond donors (Lipinski definition) is 1. The molecule has 0 unspecified atom stereocenters. The van der Waals surface area contributed by atoms with E-state index in [0.717, 1.165) is 47.7 Å². The summed E-state index contributed by atoms with van der Waals surface area (Å²) in [4.78, 5) is 11.1. The quantitative estimate of drug-likeness (QED) is 0.354. The Kier molecular flexibility index (Phi) is 8.53. The molecule has 0 amide bonds. The maximum Gasteiger partial charge on any atom is 0.129 e. The Hall–Kier alpha value is -2.32. The van der Waals surface area contributed by atoms with E-state index in [1.807, 2.05) is 12.1 Å². The third-order valence-electron chi connectivity index (χ3n) is 4.76. The molecule has 2 aromatic carbocycles. The number of carbonyl (C=O) groups is 1. The lowest BCUT2D eigenvalue weighted by molar-refractivity contribution is -0.117. The van der Waals surface area contributed by atoms with Gasteiger partial charge in [-0.25, -0.2) is 0 Å². The summed E-state index contributed by atoms with van der Waals surface area (Å²) in [6.45, 7) is 10.8. The van der Waals surface area contributed by atoms with Crippen molar-refractivity contribution < 1.29 is 4.79 Å². The fourth-order valence-electron chi connectivity index (χ4n) is 3.02. The predicted octanol–water partition coefficient (Wildman–Crippen LogP) is 6.79. The maximum atomic E-state index is 11.1. The first-order valence-electron chi connectivity index (χ1n) is 9.80. The van der Waals surface area contributed by atoms with Crippen LogP contribution in [0.3, 0.4) is 0 Å². The molecule has 0 atom stereocenters. The summed E-state index contributed by atoms with van der Waals surface area (Å²) in [5.41, 5.74) is 6.90. The fraction of sp³-hybridized carbons (Fsp3) is 0.320. The monoisotopic (exact) mass is 395 g/mol. The topological polar surface area (TPSA) is 29.1 Å². The first-order valence-corrected chi connectivity index (χ1v) is 10.2. The Morgan fingerprint density at radius 2 is 1.75 bits per heavy atom.